The molecule has 0 spiro atoms. The van der Waals surface area contributed by atoms with E-state index in [9.17, 15) is 0 Å². The molecule has 0 aromatic heterocycles. The van der Waals surface area contributed by atoms with Crippen molar-refractivity contribution in [3.63, 3.8) is 0 Å². The summed E-state index contributed by atoms with van der Waals surface area (Å²) in [5.74, 6) is 1.03. The molecule has 1 nitrogen and oxygen atoms in total. The third kappa shape index (κ3) is 3.86. The van der Waals surface area contributed by atoms with Gasteiger partial charge in [-0.2, -0.15) is 0 Å². The van der Waals surface area contributed by atoms with E-state index in [1.807, 2.05) is 6.92 Å². The third-order valence-corrected chi connectivity index (χ3v) is 3.37. The minimum atomic E-state index is 0.540. The van der Waals surface area contributed by atoms with Crippen LogP contribution in [0.1, 0.15) is 31.4 Å². The first-order valence-corrected chi connectivity index (χ1v) is 6.45. The average molecular weight is 271 g/mol. The van der Waals surface area contributed by atoms with Crippen LogP contribution in [-0.4, -0.2) is 11.4 Å². The van der Waals surface area contributed by atoms with Gasteiger partial charge in [0.2, 0.25) is 0 Å². The standard InChI is InChI=1S/C13H19BrO/c1-4-12(14)9-11-8-10(3)6-7-13(11)15-5-2/h6-8,12H,4-5,9H2,1-3H3. The van der Waals surface area contributed by atoms with E-state index in [0.717, 1.165) is 25.2 Å². The maximum Gasteiger partial charge on any atom is 0.122 e. The number of hydrogen-bond donors (Lipinski definition) is 0. The number of hydrogen-bond acceptors (Lipinski definition) is 1. The highest BCUT2D eigenvalue weighted by molar-refractivity contribution is 9.09. The van der Waals surface area contributed by atoms with Gasteiger partial charge >= 0.3 is 0 Å². The van der Waals surface area contributed by atoms with Crippen molar-refractivity contribution in [2.24, 2.45) is 0 Å². The van der Waals surface area contributed by atoms with E-state index >= 15 is 0 Å². The van der Waals surface area contributed by atoms with E-state index in [4.69, 9.17) is 4.74 Å². The molecule has 0 fully saturated rings. The number of rotatable bonds is 5. The molecule has 15 heavy (non-hydrogen) atoms. The zero-order valence-electron chi connectivity index (χ0n) is 9.72. The third-order valence-electron chi connectivity index (χ3n) is 2.40. The molecule has 0 aliphatic rings. The smallest absolute Gasteiger partial charge is 0.122 e. The minimum absolute atomic E-state index is 0.540. The van der Waals surface area contributed by atoms with Gasteiger partial charge in [0.25, 0.3) is 0 Å². The fraction of sp³-hybridized carbons (Fsp3) is 0.538. The molecule has 1 aromatic rings. The molecule has 0 saturated heterocycles. The summed E-state index contributed by atoms with van der Waals surface area (Å²) in [5.41, 5.74) is 2.60. The van der Waals surface area contributed by atoms with E-state index in [1.54, 1.807) is 0 Å². The summed E-state index contributed by atoms with van der Waals surface area (Å²) in [6, 6.07) is 6.39. The van der Waals surface area contributed by atoms with Crippen molar-refractivity contribution >= 4 is 15.9 Å². The maximum atomic E-state index is 5.62. The highest BCUT2D eigenvalue weighted by Gasteiger charge is 2.08. The summed E-state index contributed by atoms with van der Waals surface area (Å²) in [6.07, 6.45) is 2.17. The van der Waals surface area contributed by atoms with Crippen LogP contribution in [0.2, 0.25) is 0 Å². The van der Waals surface area contributed by atoms with Crippen LogP contribution in [0, 0.1) is 6.92 Å². The fourth-order valence-corrected chi connectivity index (χ4v) is 1.90. The SMILES string of the molecule is CCOc1ccc(C)cc1CC(Br)CC. The van der Waals surface area contributed by atoms with Gasteiger partial charge in [-0.15, -0.1) is 0 Å². The molecular weight excluding hydrogens is 252 g/mol. The van der Waals surface area contributed by atoms with Crippen LogP contribution in [0.15, 0.2) is 18.2 Å². The monoisotopic (exact) mass is 270 g/mol. The second-order valence-electron chi connectivity index (χ2n) is 3.75. The zero-order valence-corrected chi connectivity index (χ0v) is 11.3. The Bertz CT molecular complexity index is 309. The van der Waals surface area contributed by atoms with Crippen molar-refractivity contribution in [2.45, 2.75) is 38.4 Å². The van der Waals surface area contributed by atoms with Crippen LogP contribution in [0.4, 0.5) is 0 Å². The van der Waals surface area contributed by atoms with Crippen molar-refractivity contribution in [1.82, 2.24) is 0 Å². The molecule has 1 aromatic carbocycles. The molecule has 0 aliphatic heterocycles. The number of alkyl halides is 1. The van der Waals surface area contributed by atoms with E-state index in [2.05, 4.69) is 48.0 Å². The topological polar surface area (TPSA) is 9.23 Å². The number of ether oxygens (including phenoxy) is 1. The number of benzene rings is 1. The molecule has 1 rings (SSSR count). The molecule has 0 radical (unpaired) electrons. The van der Waals surface area contributed by atoms with Crippen molar-refractivity contribution in [2.75, 3.05) is 6.61 Å². The van der Waals surface area contributed by atoms with Crippen LogP contribution < -0.4 is 4.74 Å². The molecule has 84 valence electrons. The Morgan fingerprint density at radius 2 is 2.07 bits per heavy atom. The molecule has 2 heteroatoms. The van der Waals surface area contributed by atoms with Gasteiger partial charge in [0.1, 0.15) is 5.75 Å². The predicted molar refractivity (Wildman–Crippen MR) is 69.1 cm³/mol. The van der Waals surface area contributed by atoms with Gasteiger partial charge in [0.05, 0.1) is 6.61 Å². The summed E-state index contributed by atoms with van der Waals surface area (Å²) in [4.78, 5) is 0.540. The van der Waals surface area contributed by atoms with Crippen LogP contribution in [0.3, 0.4) is 0 Å². The second-order valence-corrected chi connectivity index (χ2v) is 5.05. The van der Waals surface area contributed by atoms with Gasteiger partial charge in [0, 0.05) is 4.83 Å². The zero-order chi connectivity index (χ0) is 11.3. The minimum Gasteiger partial charge on any atom is -0.494 e. The molecule has 0 N–H and O–H groups in total. The maximum absolute atomic E-state index is 5.62. The highest BCUT2D eigenvalue weighted by Crippen LogP contribution is 2.24. The molecular formula is C13H19BrO. The van der Waals surface area contributed by atoms with Gasteiger partial charge in [0.15, 0.2) is 0 Å². The summed E-state index contributed by atoms with van der Waals surface area (Å²) >= 11 is 3.67. The Morgan fingerprint density at radius 3 is 2.67 bits per heavy atom. The van der Waals surface area contributed by atoms with Gasteiger partial charge in [-0.3, -0.25) is 0 Å². The summed E-state index contributed by atoms with van der Waals surface area (Å²) in [6.45, 7) is 7.06. The lowest BCUT2D eigenvalue weighted by Crippen LogP contribution is -2.04. The Morgan fingerprint density at radius 1 is 1.33 bits per heavy atom. The average Bonchev–Trinajstić information content (AvgIpc) is 2.22. The quantitative estimate of drug-likeness (QED) is 0.732. The lowest BCUT2D eigenvalue weighted by Gasteiger charge is -2.13. The Labute approximate surface area is 101 Å². The molecule has 0 aliphatic carbocycles. The molecule has 0 saturated carbocycles. The molecule has 1 atom stereocenters. The summed E-state index contributed by atoms with van der Waals surface area (Å²) in [7, 11) is 0. The van der Waals surface area contributed by atoms with Crippen molar-refractivity contribution in [1.29, 1.82) is 0 Å². The van der Waals surface area contributed by atoms with Gasteiger partial charge < -0.3 is 4.74 Å². The molecule has 0 bridgehead atoms. The first-order valence-electron chi connectivity index (χ1n) is 5.53. The first kappa shape index (κ1) is 12.6. The predicted octanol–water partition coefficient (Wildman–Crippen LogP) is 4.11. The highest BCUT2D eigenvalue weighted by atomic mass is 79.9. The van der Waals surface area contributed by atoms with E-state index in [0.29, 0.717) is 4.83 Å². The summed E-state index contributed by atoms with van der Waals surface area (Å²) < 4.78 is 5.62. The van der Waals surface area contributed by atoms with Crippen LogP contribution in [-0.2, 0) is 6.42 Å². The second kappa shape index (κ2) is 6.16. The van der Waals surface area contributed by atoms with E-state index < -0.39 is 0 Å². The van der Waals surface area contributed by atoms with Crippen LogP contribution in [0.25, 0.3) is 0 Å². The van der Waals surface area contributed by atoms with E-state index in [1.165, 1.54) is 11.1 Å². The number of aryl methyl sites for hydroxylation is 1. The van der Waals surface area contributed by atoms with Gasteiger partial charge in [-0.05, 0) is 38.3 Å². The van der Waals surface area contributed by atoms with Gasteiger partial charge in [-0.25, -0.2) is 0 Å². The Balaban J connectivity index is 2.86. The molecule has 0 amide bonds. The largest absolute Gasteiger partial charge is 0.494 e. The lowest BCUT2D eigenvalue weighted by atomic mass is 10.0. The fourth-order valence-electron chi connectivity index (χ4n) is 1.55. The first-order chi connectivity index (χ1) is 7.17. The summed E-state index contributed by atoms with van der Waals surface area (Å²) in [5, 5.41) is 0. The lowest BCUT2D eigenvalue weighted by molar-refractivity contribution is 0.336. The van der Waals surface area contributed by atoms with Crippen molar-refractivity contribution in [3.05, 3.63) is 29.3 Å². The molecule has 0 heterocycles. The van der Waals surface area contributed by atoms with Crippen molar-refractivity contribution < 1.29 is 4.74 Å². The Hall–Kier alpha value is -0.500. The molecule has 1 unspecified atom stereocenters. The normalized spacial score (nSPS) is 12.5. The van der Waals surface area contributed by atoms with Gasteiger partial charge in [-0.1, -0.05) is 40.5 Å². The van der Waals surface area contributed by atoms with E-state index in [-0.39, 0.29) is 0 Å². The van der Waals surface area contributed by atoms with Crippen molar-refractivity contribution in [3.8, 4) is 5.75 Å². The van der Waals surface area contributed by atoms with Crippen LogP contribution >= 0.6 is 15.9 Å². The Kier molecular flexibility index (Phi) is 5.16. The van der Waals surface area contributed by atoms with Crippen LogP contribution in [0.5, 0.6) is 5.75 Å². The number of halogens is 1.